The Morgan fingerprint density at radius 3 is 2.31 bits per heavy atom. The number of benzene rings is 3. The molecule has 9 nitrogen and oxygen atoms in total. The third-order valence-corrected chi connectivity index (χ3v) is 10.1. The van der Waals surface area contributed by atoms with E-state index in [1.54, 1.807) is 24.4 Å². The number of aliphatic hydroxyl groups excluding tert-OH is 2. The van der Waals surface area contributed by atoms with Crippen LogP contribution in [0.2, 0.25) is 0 Å². The third-order valence-electron chi connectivity index (χ3n) is 10.1. The van der Waals surface area contributed by atoms with Crippen molar-refractivity contribution in [2.24, 2.45) is 11.8 Å². The summed E-state index contributed by atoms with van der Waals surface area (Å²) in [6.45, 7) is 2.67. The molecule has 0 fully saturated rings. The number of phenolic OH excluding ortho intramolecular Hbond substituents is 1. The highest BCUT2D eigenvalue weighted by molar-refractivity contribution is 6.06. The predicted molar refractivity (Wildman–Crippen MR) is 220 cm³/mol. The zero-order valence-corrected chi connectivity index (χ0v) is 32.5. The Labute approximate surface area is 326 Å². The number of nitrogens with one attached hydrogen (secondary N) is 1. The van der Waals surface area contributed by atoms with E-state index in [0.29, 0.717) is 42.5 Å². The van der Waals surface area contributed by atoms with Crippen LogP contribution in [0.1, 0.15) is 90.8 Å². The minimum atomic E-state index is -0.627. The van der Waals surface area contributed by atoms with Crippen LogP contribution in [-0.2, 0) is 41.7 Å². The van der Waals surface area contributed by atoms with Gasteiger partial charge in [0.25, 0.3) is 0 Å². The lowest BCUT2D eigenvalue weighted by Crippen LogP contribution is -2.19. The van der Waals surface area contributed by atoms with Crippen molar-refractivity contribution in [3.8, 4) is 11.5 Å². The van der Waals surface area contributed by atoms with E-state index in [0.717, 1.165) is 74.6 Å². The van der Waals surface area contributed by atoms with Crippen LogP contribution >= 0.6 is 0 Å². The molecule has 0 aliphatic rings. The number of allylic oxidation sites excluding steroid dienone is 1. The zero-order valence-electron chi connectivity index (χ0n) is 32.5. The van der Waals surface area contributed by atoms with E-state index in [9.17, 15) is 24.9 Å². The Bertz CT molecular complexity index is 1830. The van der Waals surface area contributed by atoms with Gasteiger partial charge in [-0.05, 0) is 146 Å². The number of rotatable bonds is 25. The summed E-state index contributed by atoms with van der Waals surface area (Å²) in [5.41, 5.74) is 13.3. The van der Waals surface area contributed by atoms with Crippen molar-refractivity contribution in [2.45, 2.75) is 84.0 Å². The quantitative estimate of drug-likeness (QED) is 0.0269. The number of aromatic hydroxyl groups is 1. The highest BCUT2D eigenvalue weighted by Crippen LogP contribution is 2.33. The molecule has 4 rings (SSSR count). The van der Waals surface area contributed by atoms with Gasteiger partial charge in [-0.25, -0.2) is 4.98 Å². The van der Waals surface area contributed by atoms with Crippen molar-refractivity contribution in [2.75, 3.05) is 32.7 Å². The number of aliphatic hydroxyl groups is 2. The molecule has 294 valence electrons. The topological polar surface area (TPSA) is 155 Å². The van der Waals surface area contributed by atoms with Crippen LogP contribution in [0.4, 0.5) is 5.82 Å². The molecule has 55 heavy (non-hydrogen) atoms. The number of ketones is 2. The van der Waals surface area contributed by atoms with E-state index in [1.165, 1.54) is 22.8 Å². The predicted octanol–water partition coefficient (Wildman–Crippen LogP) is 7.21. The number of nitrogens with zero attached hydrogens (tertiary/aromatic N) is 1. The second-order valence-electron chi connectivity index (χ2n) is 14.7. The maximum Gasteiger partial charge on any atom is 0.186 e. The maximum atomic E-state index is 13.0. The van der Waals surface area contributed by atoms with E-state index in [2.05, 4.69) is 65.8 Å². The van der Waals surface area contributed by atoms with Gasteiger partial charge in [0.05, 0.1) is 6.42 Å². The summed E-state index contributed by atoms with van der Waals surface area (Å²) in [6, 6.07) is 24.2. The van der Waals surface area contributed by atoms with Crippen LogP contribution in [0, 0.1) is 11.8 Å². The van der Waals surface area contributed by atoms with Crippen LogP contribution in [0.5, 0.6) is 11.5 Å². The number of anilines is 1. The standard InChI is InChI=1S/C46H59N3O6/c1-33(30-48-2)23-35(14-8-22-50)13-7-15-42(52)29-43(53)21-20-38-27-45(55-32-51)44(54)26-40(38)25-41-31-49-46(47)28-39(41)19-18-37-12-6-11-36(24-37)17-16-34-9-4-3-5-10-34/h3-6,9-12,20-21,24,26-28,31,33,35,48,50-51,54H,7-8,13-19,22-23,25,29-30,32H2,1-2H3,(H2,47,49)/t33-,35+/m1/s1. The molecule has 0 saturated carbocycles. The van der Waals surface area contributed by atoms with Gasteiger partial charge in [0.2, 0.25) is 0 Å². The molecule has 6 N–H and O–H groups in total. The van der Waals surface area contributed by atoms with Crippen LogP contribution in [0.3, 0.4) is 0 Å². The molecule has 0 spiro atoms. The first-order valence-corrected chi connectivity index (χ1v) is 19.6. The molecule has 0 radical (unpaired) electrons. The smallest absolute Gasteiger partial charge is 0.186 e. The first-order valence-electron chi connectivity index (χ1n) is 19.6. The van der Waals surface area contributed by atoms with Gasteiger partial charge in [0, 0.05) is 19.2 Å². The van der Waals surface area contributed by atoms with Crippen molar-refractivity contribution < 1.29 is 29.6 Å². The van der Waals surface area contributed by atoms with E-state index in [-0.39, 0.29) is 36.1 Å². The molecule has 0 saturated heterocycles. The molecule has 0 aliphatic heterocycles. The first-order chi connectivity index (χ1) is 26.7. The summed E-state index contributed by atoms with van der Waals surface area (Å²) < 4.78 is 5.24. The molecule has 9 heteroatoms. The Morgan fingerprint density at radius 1 is 0.873 bits per heavy atom. The number of nitrogen functional groups attached to an aromatic ring is 1. The fraction of sp³-hybridized carbons (Fsp3) is 0.413. The molecule has 1 heterocycles. The summed E-state index contributed by atoms with van der Waals surface area (Å²) in [6.07, 6.45) is 13.1. The van der Waals surface area contributed by atoms with Crippen molar-refractivity contribution in [3.63, 3.8) is 0 Å². The first kappa shape index (κ1) is 42.9. The molecule has 3 aromatic carbocycles. The number of nitrogens with two attached hydrogens (primary N) is 1. The number of carbonyl (C=O) groups excluding carboxylic acids is 2. The normalized spacial score (nSPS) is 12.5. The SMILES string of the molecule is CNC[C@H](C)C[C@H](CCCO)CCCC(=O)CC(=O)C=Cc1cc(OCO)c(O)cc1Cc1cnc(N)cc1CCc1cccc(CCc2ccccc2)c1. The van der Waals surface area contributed by atoms with Gasteiger partial charge in [0.1, 0.15) is 11.6 Å². The van der Waals surface area contributed by atoms with E-state index < -0.39 is 6.79 Å². The molecular formula is C46H59N3O6. The van der Waals surface area contributed by atoms with Gasteiger partial charge in [0.15, 0.2) is 24.1 Å². The number of hydrogen-bond acceptors (Lipinski definition) is 9. The molecule has 0 unspecified atom stereocenters. The number of pyridine rings is 1. The fourth-order valence-corrected chi connectivity index (χ4v) is 7.29. The van der Waals surface area contributed by atoms with E-state index in [4.69, 9.17) is 10.5 Å². The second-order valence-corrected chi connectivity index (χ2v) is 14.7. The molecular weight excluding hydrogens is 691 g/mol. The zero-order chi connectivity index (χ0) is 39.4. The summed E-state index contributed by atoms with van der Waals surface area (Å²) >= 11 is 0. The number of aryl methyl sites for hydroxylation is 4. The van der Waals surface area contributed by atoms with Gasteiger partial charge < -0.3 is 31.1 Å². The average Bonchev–Trinajstić information content (AvgIpc) is 3.17. The third kappa shape index (κ3) is 15.1. The molecule has 4 aromatic rings. The van der Waals surface area contributed by atoms with Gasteiger partial charge in [-0.2, -0.15) is 0 Å². The minimum absolute atomic E-state index is 0.0806. The van der Waals surface area contributed by atoms with Crippen molar-refractivity contribution in [1.82, 2.24) is 10.3 Å². The molecule has 0 bridgehead atoms. The number of ether oxygens (including phenoxy) is 1. The lowest BCUT2D eigenvalue weighted by atomic mass is 9.87. The number of hydrogen-bond donors (Lipinski definition) is 5. The Balaban J connectivity index is 1.42. The van der Waals surface area contributed by atoms with Crippen molar-refractivity contribution in [1.29, 1.82) is 0 Å². The second kappa shape index (κ2) is 23.2. The minimum Gasteiger partial charge on any atom is -0.504 e. The van der Waals surface area contributed by atoms with Gasteiger partial charge >= 0.3 is 0 Å². The number of Topliss-reactive ketones (excluding diaryl/α,β-unsaturated/α-hetero) is 1. The fourth-order valence-electron chi connectivity index (χ4n) is 7.29. The molecule has 1 aromatic heterocycles. The van der Waals surface area contributed by atoms with Gasteiger partial charge in [-0.3, -0.25) is 9.59 Å². The highest BCUT2D eigenvalue weighted by Gasteiger charge is 2.16. The Hall–Kier alpha value is -4.83. The van der Waals surface area contributed by atoms with Gasteiger partial charge in [-0.1, -0.05) is 74.0 Å². The monoisotopic (exact) mass is 749 g/mol. The maximum absolute atomic E-state index is 13.0. The summed E-state index contributed by atoms with van der Waals surface area (Å²) in [4.78, 5) is 30.2. The van der Waals surface area contributed by atoms with E-state index >= 15 is 0 Å². The van der Waals surface area contributed by atoms with E-state index in [1.807, 2.05) is 19.2 Å². The summed E-state index contributed by atoms with van der Waals surface area (Å²) in [5, 5.41) is 32.7. The number of aromatic nitrogens is 1. The van der Waals surface area contributed by atoms with Crippen LogP contribution < -0.4 is 15.8 Å². The highest BCUT2D eigenvalue weighted by atomic mass is 16.6. The summed E-state index contributed by atoms with van der Waals surface area (Å²) in [7, 11) is 1.94. The molecule has 0 amide bonds. The number of phenols is 1. The van der Waals surface area contributed by atoms with Crippen LogP contribution in [-0.4, -0.2) is 58.9 Å². The Morgan fingerprint density at radius 2 is 1.58 bits per heavy atom. The summed E-state index contributed by atoms with van der Waals surface area (Å²) in [5.74, 6) is 0.881. The lowest BCUT2D eigenvalue weighted by molar-refractivity contribution is -0.124. The van der Waals surface area contributed by atoms with Crippen LogP contribution in [0.15, 0.2) is 85.1 Å². The molecule has 2 atom stereocenters. The lowest BCUT2D eigenvalue weighted by Gasteiger charge is -2.20. The Kier molecular flexibility index (Phi) is 18.1. The van der Waals surface area contributed by atoms with Crippen LogP contribution in [0.25, 0.3) is 6.08 Å². The average molecular weight is 750 g/mol. The number of carbonyl (C=O) groups is 2. The van der Waals surface area contributed by atoms with Crippen molar-refractivity contribution >= 4 is 23.5 Å². The van der Waals surface area contributed by atoms with Gasteiger partial charge in [-0.15, -0.1) is 0 Å². The van der Waals surface area contributed by atoms with Crippen molar-refractivity contribution in [3.05, 3.63) is 124 Å². The largest absolute Gasteiger partial charge is 0.504 e. The molecule has 0 aliphatic carbocycles.